The predicted molar refractivity (Wildman–Crippen MR) is 55.2 cm³/mol. The molecule has 1 aromatic carbocycles. The fraction of sp³-hybridized carbons (Fsp3) is 0.364. The normalized spacial score (nSPS) is 12.3. The Morgan fingerprint density at radius 2 is 2.27 bits per heavy atom. The minimum Gasteiger partial charge on any atom is -0.392 e. The van der Waals surface area contributed by atoms with E-state index in [-0.39, 0.29) is 12.5 Å². The van der Waals surface area contributed by atoms with E-state index in [4.69, 9.17) is 5.11 Å². The van der Waals surface area contributed by atoms with Gasteiger partial charge < -0.3 is 10.4 Å². The van der Waals surface area contributed by atoms with Gasteiger partial charge in [-0.05, 0) is 31.5 Å². The van der Waals surface area contributed by atoms with Crippen LogP contribution in [0.3, 0.4) is 0 Å². The van der Waals surface area contributed by atoms with Crippen molar-refractivity contribution in [2.75, 3.05) is 6.54 Å². The van der Waals surface area contributed by atoms with Crippen LogP contribution >= 0.6 is 0 Å². The highest BCUT2D eigenvalue weighted by Gasteiger charge is 2.10. The molecule has 4 heteroatoms. The molecule has 0 saturated carbocycles. The van der Waals surface area contributed by atoms with E-state index in [1.165, 1.54) is 12.1 Å². The molecule has 82 valence electrons. The highest BCUT2D eigenvalue weighted by Crippen LogP contribution is 2.09. The largest absolute Gasteiger partial charge is 0.392 e. The number of benzene rings is 1. The van der Waals surface area contributed by atoms with E-state index in [2.05, 4.69) is 5.32 Å². The number of hydrogen-bond acceptors (Lipinski definition) is 2. The molecule has 0 spiro atoms. The van der Waals surface area contributed by atoms with Crippen molar-refractivity contribution < 1.29 is 14.3 Å². The maximum absolute atomic E-state index is 12.9. The lowest BCUT2D eigenvalue weighted by atomic mass is 10.1. The summed E-state index contributed by atoms with van der Waals surface area (Å²) >= 11 is 0. The Morgan fingerprint density at radius 3 is 2.87 bits per heavy atom. The fourth-order valence-corrected chi connectivity index (χ4v) is 1.17. The molecule has 15 heavy (non-hydrogen) atoms. The minimum atomic E-state index is -0.609. The number of halogens is 1. The molecule has 0 aliphatic rings. The van der Waals surface area contributed by atoms with Gasteiger partial charge in [0.15, 0.2) is 0 Å². The summed E-state index contributed by atoms with van der Waals surface area (Å²) < 4.78 is 12.9. The highest BCUT2D eigenvalue weighted by molar-refractivity contribution is 5.95. The molecule has 0 aliphatic heterocycles. The summed E-state index contributed by atoms with van der Waals surface area (Å²) in [6.45, 7) is 3.46. The van der Waals surface area contributed by atoms with Crippen molar-refractivity contribution in [1.82, 2.24) is 5.32 Å². The number of hydrogen-bond donors (Lipinski definition) is 2. The Morgan fingerprint density at radius 1 is 1.60 bits per heavy atom. The number of aliphatic hydroxyl groups is 1. The van der Waals surface area contributed by atoms with E-state index in [1.807, 2.05) is 0 Å². The summed E-state index contributed by atoms with van der Waals surface area (Å²) in [5.41, 5.74) is 1.01. The van der Waals surface area contributed by atoms with Gasteiger partial charge in [0.2, 0.25) is 0 Å². The van der Waals surface area contributed by atoms with Crippen molar-refractivity contribution in [2.45, 2.75) is 20.0 Å². The lowest BCUT2D eigenvalue weighted by Gasteiger charge is -2.09. The van der Waals surface area contributed by atoms with Gasteiger partial charge in [-0.25, -0.2) is 4.39 Å². The number of carbonyl (C=O) groups excluding carboxylic acids is 1. The van der Waals surface area contributed by atoms with Crippen molar-refractivity contribution in [3.05, 3.63) is 35.1 Å². The third-order valence-electron chi connectivity index (χ3n) is 2.00. The van der Waals surface area contributed by atoms with Gasteiger partial charge in [-0.15, -0.1) is 0 Å². The summed E-state index contributed by atoms with van der Waals surface area (Å²) in [5, 5.41) is 11.5. The zero-order valence-corrected chi connectivity index (χ0v) is 8.75. The molecule has 0 fully saturated rings. The molecule has 0 saturated heterocycles. The number of aliphatic hydroxyl groups excluding tert-OH is 1. The first-order valence-corrected chi connectivity index (χ1v) is 4.73. The molecular formula is C11H14FNO2. The van der Waals surface area contributed by atoms with Crippen molar-refractivity contribution in [3.63, 3.8) is 0 Å². The van der Waals surface area contributed by atoms with Crippen LogP contribution in [0.5, 0.6) is 0 Å². The molecular weight excluding hydrogens is 197 g/mol. The van der Waals surface area contributed by atoms with Crippen LogP contribution in [0, 0.1) is 12.7 Å². The van der Waals surface area contributed by atoms with Crippen LogP contribution in [0.15, 0.2) is 18.2 Å². The van der Waals surface area contributed by atoms with Crippen molar-refractivity contribution in [3.8, 4) is 0 Å². The SMILES string of the molecule is Cc1ccc(F)cc1C(=O)NC[C@@H](C)O. The summed E-state index contributed by atoms with van der Waals surface area (Å²) in [4.78, 5) is 11.5. The van der Waals surface area contributed by atoms with Crippen LogP contribution < -0.4 is 5.32 Å². The second-order valence-corrected chi connectivity index (χ2v) is 3.52. The number of amides is 1. The summed E-state index contributed by atoms with van der Waals surface area (Å²) in [6.07, 6.45) is -0.609. The number of aryl methyl sites for hydroxylation is 1. The second-order valence-electron chi connectivity index (χ2n) is 3.52. The first-order chi connectivity index (χ1) is 7.00. The van der Waals surface area contributed by atoms with Gasteiger partial charge in [0.05, 0.1) is 6.10 Å². The molecule has 1 aromatic rings. The van der Waals surface area contributed by atoms with E-state index in [9.17, 15) is 9.18 Å². The Balaban J connectivity index is 2.77. The van der Waals surface area contributed by atoms with Gasteiger partial charge in [0.1, 0.15) is 5.82 Å². The zero-order chi connectivity index (χ0) is 11.4. The molecule has 1 rings (SSSR count). The van der Waals surface area contributed by atoms with Crippen LogP contribution in [0.4, 0.5) is 4.39 Å². The summed E-state index contributed by atoms with van der Waals surface area (Å²) in [6, 6.07) is 4.04. The maximum atomic E-state index is 12.9. The molecule has 0 aromatic heterocycles. The summed E-state index contributed by atoms with van der Waals surface area (Å²) in [5.74, 6) is -0.810. The van der Waals surface area contributed by atoms with Crippen molar-refractivity contribution in [1.29, 1.82) is 0 Å². The summed E-state index contributed by atoms with van der Waals surface area (Å²) in [7, 11) is 0. The third kappa shape index (κ3) is 3.32. The molecule has 1 amide bonds. The van der Waals surface area contributed by atoms with Gasteiger partial charge in [0, 0.05) is 12.1 Å². The lowest BCUT2D eigenvalue weighted by Crippen LogP contribution is -2.31. The van der Waals surface area contributed by atoms with E-state index in [0.717, 1.165) is 0 Å². The molecule has 0 unspecified atom stereocenters. The fourth-order valence-electron chi connectivity index (χ4n) is 1.17. The van der Waals surface area contributed by atoms with Crippen LogP contribution in [0.25, 0.3) is 0 Å². The van der Waals surface area contributed by atoms with Crippen LogP contribution in [0.2, 0.25) is 0 Å². The molecule has 2 N–H and O–H groups in total. The van der Waals surface area contributed by atoms with Crippen LogP contribution in [0.1, 0.15) is 22.8 Å². The zero-order valence-electron chi connectivity index (χ0n) is 8.75. The van der Waals surface area contributed by atoms with E-state index < -0.39 is 11.9 Å². The number of carbonyl (C=O) groups is 1. The molecule has 1 atom stereocenters. The van der Waals surface area contributed by atoms with E-state index in [0.29, 0.717) is 11.1 Å². The standard InChI is InChI=1S/C11H14FNO2/c1-7-3-4-9(12)5-10(7)11(15)13-6-8(2)14/h3-5,8,14H,6H2,1-2H3,(H,13,15)/t8-/m1/s1. The molecule has 0 radical (unpaired) electrons. The van der Waals surface area contributed by atoms with Gasteiger partial charge in [0.25, 0.3) is 5.91 Å². The predicted octanol–water partition coefficient (Wildman–Crippen LogP) is 1.24. The number of rotatable bonds is 3. The Kier molecular flexibility index (Phi) is 3.80. The molecule has 0 bridgehead atoms. The quantitative estimate of drug-likeness (QED) is 0.790. The Bertz CT molecular complexity index is 364. The van der Waals surface area contributed by atoms with Crippen molar-refractivity contribution in [2.24, 2.45) is 0 Å². The van der Waals surface area contributed by atoms with Crippen LogP contribution in [-0.4, -0.2) is 23.7 Å². The maximum Gasteiger partial charge on any atom is 0.251 e. The smallest absolute Gasteiger partial charge is 0.251 e. The van der Waals surface area contributed by atoms with Crippen LogP contribution in [-0.2, 0) is 0 Å². The molecule has 3 nitrogen and oxygen atoms in total. The minimum absolute atomic E-state index is 0.161. The van der Waals surface area contributed by atoms with E-state index in [1.54, 1.807) is 19.9 Å². The van der Waals surface area contributed by atoms with Gasteiger partial charge in [-0.1, -0.05) is 6.07 Å². The van der Waals surface area contributed by atoms with Crippen molar-refractivity contribution >= 4 is 5.91 Å². The topological polar surface area (TPSA) is 49.3 Å². The lowest BCUT2D eigenvalue weighted by molar-refractivity contribution is 0.0923. The third-order valence-corrected chi connectivity index (χ3v) is 2.00. The monoisotopic (exact) mass is 211 g/mol. The van der Waals surface area contributed by atoms with Gasteiger partial charge in [-0.3, -0.25) is 4.79 Å². The van der Waals surface area contributed by atoms with Gasteiger partial charge in [-0.2, -0.15) is 0 Å². The second kappa shape index (κ2) is 4.89. The highest BCUT2D eigenvalue weighted by atomic mass is 19.1. The Labute approximate surface area is 87.9 Å². The first-order valence-electron chi connectivity index (χ1n) is 4.73. The molecule has 0 aliphatic carbocycles. The van der Waals surface area contributed by atoms with Gasteiger partial charge >= 0.3 is 0 Å². The average Bonchev–Trinajstić information content (AvgIpc) is 2.18. The first kappa shape index (κ1) is 11.7. The average molecular weight is 211 g/mol. The number of nitrogens with one attached hydrogen (secondary N) is 1. The molecule has 0 heterocycles. The Hall–Kier alpha value is -1.42. The van der Waals surface area contributed by atoms with E-state index >= 15 is 0 Å².